The molecule has 0 aromatic carbocycles. The van der Waals surface area contributed by atoms with Crippen molar-refractivity contribution in [1.29, 1.82) is 0 Å². The molecule has 1 saturated heterocycles. The molecule has 0 aromatic rings. The van der Waals surface area contributed by atoms with Crippen molar-refractivity contribution in [2.75, 3.05) is 19.8 Å². The maximum Gasteiger partial charge on any atom is 0.305 e. The van der Waals surface area contributed by atoms with Gasteiger partial charge in [0.15, 0.2) is 6.29 Å². The SMILES string of the molecule is C/C=C/CC/C=C/CC/C=C/C(O)C(COC1OC(CO)C(O)C(O)C1O)NC(=O)CCCCCCCCCCCCCCCCCCC/C=C\C/C=C\CCCCCCCCCCCCCCCCCOC(=O)CCCCCCCCCCCCCCCCCC. The Balaban J connectivity index is 1.86. The van der Waals surface area contributed by atoms with E-state index in [1.807, 2.05) is 19.1 Å². The van der Waals surface area contributed by atoms with Crippen molar-refractivity contribution >= 4 is 11.9 Å². The highest BCUT2D eigenvalue weighted by molar-refractivity contribution is 5.76. The molecule has 0 radical (unpaired) electrons. The van der Waals surface area contributed by atoms with Gasteiger partial charge in [0.2, 0.25) is 5.91 Å². The van der Waals surface area contributed by atoms with E-state index >= 15 is 0 Å². The van der Waals surface area contributed by atoms with Crippen LogP contribution in [0.3, 0.4) is 0 Å². The number of allylic oxidation sites excluding steroid dienone is 9. The number of hydrogen-bond acceptors (Lipinski definition) is 10. The molecule has 538 valence electrons. The third kappa shape index (κ3) is 57.6. The molecule has 0 bridgehead atoms. The van der Waals surface area contributed by atoms with E-state index in [0.29, 0.717) is 19.4 Å². The van der Waals surface area contributed by atoms with Crippen molar-refractivity contribution in [2.45, 2.75) is 423 Å². The zero-order chi connectivity index (χ0) is 66.5. The summed E-state index contributed by atoms with van der Waals surface area (Å²) in [5.41, 5.74) is 0. The van der Waals surface area contributed by atoms with Crippen LogP contribution in [0, 0.1) is 0 Å². The van der Waals surface area contributed by atoms with E-state index in [-0.39, 0.29) is 18.5 Å². The van der Waals surface area contributed by atoms with Gasteiger partial charge in [-0.05, 0) is 84.0 Å². The molecule has 0 spiro atoms. The minimum absolute atomic E-state index is 0.0181. The topological polar surface area (TPSA) is 175 Å². The van der Waals surface area contributed by atoms with Gasteiger partial charge in [-0.25, -0.2) is 0 Å². The second kappa shape index (κ2) is 69.7. The van der Waals surface area contributed by atoms with Crippen molar-refractivity contribution in [2.24, 2.45) is 0 Å². The van der Waals surface area contributed by atoms with Crippen LogP contribution in [0.5, 0.6) is 0 Å². The van der Waals surface area contributed by atoms with Gasteiger partial charge in [0, 0.05) is 12.8 Å². The lowest BCUT2D eigenvalue weighted by Crippen LogP contribution is -2.60. The molecule has 7 atom stereocenters. The lowest BCUT2D eigenvalue weighted by Gasteiger charge is -2.40. The first-order valence-corrected chi connectivity index (χ1v) is 39.5. The van der Waals surface area contributed by atoms with E-state index in [4.69, 9.17) is 14.2 Å². The number of esters is 1. The maximum atomic E-state index is 13.0. The highest BCUT2D eigenvalue weighted by Crippen LogP contribution is 2.24. The van der Waals surface area contributed by atoms with E-state index in [0.717, 1.165) is 64.2 Å². The molecule has 1 rings (SSSR count). The Kier molecular flexibility index (Phi) is 66.2. The molecular formula is C81H149NO10. The molecule has 11 nitrogen and oxygen atoms in total. The molecule has 7 unspecified atom stereocenters. The Morgan fingerprint density at radius 2 is 0.783 bits per heavy atom. The van der Waals surface area contributed by atoms with Crippen molar-refractivity contribution < 1.29 is 49.3 Å². The van der Waals surface area contributed by atoms with Crippen LogP contribution >= 0.6 is 0 Å². The van der Waals surface area contributed by atoms with Crippen LogP contribution in [0.2, 0.25) is 0 Å². The predicted molar refractivity (Wildman–Crippen MR) is 389 cm³/mol. The number of ether oxygens (including phenoxy) is 3. The standard InChI is InChI=1S/C81H149NO10/c1-3-5-7-9-11-13-14-15-16-43-46-49-53-57-61-65-69-77(86)90-70-66-62-58-54-50-47-44-41-39-37-35-33-31-29-27-25-23-21-19-17-18-20-22-24-26-28-30-32-34-36-38-40-42-45-48-52-56-60-64-68-76(85)82-73(74(84)67-63-59-55-51-12-10-8-6-4-2)72-91-81-80(89)79(88)78(87)75(71-83)92-81/h4,6,12,17-18,21,23,51,63,67,73-75,78-81,83-84,87-89H,3,5,7-11,13-16,19-20,22,24-50,52-62,64-66,68-72H2,1-2H3,(H,82,85)/b6-4+,18-17-,23-21-,51-12+,67-63+. The number of nitrogens with one attached hydrogen (secondary N) is 1. The van der Waals surface area contributed by atoms with Gasteiger partial charge >= 0.3 is 5.97 Å². The monoisotopic (exact) mass is 1300 g/mol. The van der Waals surface area contributed by atoms with Crippen LogP contribution in [-0.2, 0) is 23.8 Å². The second-order valence-electron chi connectivity index (χ2n) is 27.4. The van der Waals surface area contributed by atoms with E-state index in [2.05, 4.69) is 54.8 Å². The minimum Gasteiger partial charge on any atom is -0.466 e. The van der Waals surface area contributed by atoms with E-state index in [1.54, 1.807) is 6.08 Å². The number of carbonyl (C=O) groups is 2. The van der Waals surface area contributed by atoms with Crippen molar-refractivity contribution in [3.05, 3.63) is 60.8 Å². The maximum absolute atomic E-state index is 13.0. The first kappa shape index (κ1) is 87.4. The van der Waals surface area contributed by atoms with Crippen LogP contribution in [0.4, 0.5) is 0 Å². The fourth-order valence-electron chi connectivity index (χ4n) is 12.5. The molecule has 92 heavy (non-hydrogen) atoms. The van der Waals surface area contributed by atoms with Gasteiger partial charge in [-0.3, -0.25) is 9.59 Å². The molecule has 1 heterocycles. The summed E-state index contributed by atoms with van der Waals surface area (Å²) in [5, 5.41) is 54.3. The summed E-state index contributed by atoms with van der Waals surface area (Å²) >= 11 is 0. The fourth-order valence-corrected chi connectivity index (χ4v) is 12.5. The summed E-state index contributed by atoms with van der Waals surface area (Å²) in [6.07, 6.45) is 84.4. The molecule has 0 saturated carbocycles. The number of rotatable bonds is 70. The predicted octanol–water partition coefficient (Wildman–Crippen LogP) is 21.2. The van der Waals surface area contributed by atoms with Gasteiger partial charge in [-0.1, -0.05) is 344 Å². The summed E-state index contributed by atoms with van der Waals surface area (Å²) in [5.74, 6) is -0.178. The molecule has 1 amide bonds. The normalized spacial score (nSPS) is 17.8. The van der Waals surface area contributed by atoms with Gasteiger partial charge in [0.25, 0.3) is 0 Å². The van der Waals surface area contributed by atoms with Crippen LogP contribution in [0.25, 0.3) is 0 Å². The zero-order valence-electron chi connectivity index (χ0n) is 60.0. The zero-order valence-corrected chi connectivity index (χ0v) is 60.0. The number of unbranched alkanes of at least 4 members (excludes halogenated alkanes) is 49. The molecule has 1 aliphatic heterocycles. The number of amides is 1. The summed E-state index contributed by atoms with van der Waals surface area (Å²) in [6, 6.07) is -0.832. The smallest absolute Gasteiger partial charge is 0.305 e. The molecule has 0 aliphatic carbocycles. The molecule has 11 heteroatoms. The van der Waals surface area contributed by atoms with E-state index < -0.39 is 49.5 Å². The Bertz CT molecular complexity index is 1710. The molecule has 6 N–H and O–H groups in total. The lowest BCUT2D eigenvalue weighted by atomic mass is 9.99. The Morgan fingerprint density at radius 1 is 0.424 bits per heavy atom. The average molecular weight is 1300 g/mol. The quantitative estimate of drug-likeness (QED) is 0.0195. The minimum atomic E-state index is -1.58. The van der Waals surface area contributed by atoms with E-state index in [9.17, 15) is 35.1 Å². The summed E-state index contributed by atoms with van der Waals surface area (Å²) in [6.45, 7) is 4.13. The second-order valence-corrected chi connectivity index (χ2v) is 27.4. The largest absolute Gasteiger partial charge is 0.466 e. The van der Waals surface area contributed by atoms with Crippen LogP contribution < -0.4 is 5.32 Å². The van der Waals surface area contributed by atoms with Crippen LogP contribution in [0.1, 0.15) is 380 Å². The van der Waals surface area contributed by atoms with Gasteiger partial charge in [0.1, 0.15) is 24.4 Å². The average Bonchev–Trinajstić information content (AvgIpc) is 0.924. The highest BCUT2D eigenvalue weighted by Gasteiger charge is 2.44. The summed E-state index contributed by atoms with van der Waals surface area (Å²) in [4.78, 5) is 25.1. The van der Waals surface area contributed by atoms with E-state index in [1.165, 1.54) is 289 Å². The number of aliphatic hydroxyl groups is 5. The van der Waals surface area contributed by atoms with Crippen molar-refractivity contribution in [1.82, 2.24) is 5.32 Å². The first-order chi connectivity index (χ1) is 45.2. The highest BCUT2D eigenvalue weighted by atomic mass is 16.7. The third-order valence-corrected chi connectivity index (χ3v) is 18.7. The number of hydrogen-bond donors (Lipinski definition) is 6. The Labute approximate surface area is 567 Å². The van der Waals surface area contributed by atoms with Gasteiger partial charge in [-0.2, -0.15) is 0 Å². The van der Waals surface area contributed by atoms with Crippen molar-refractivity contribution in [3.63, 3.8) is 0 Å². The number of aliphatic hydroxyl groups excluding tert-OH is 5. The van der Waals surface area contributed by atoms with Gasteiger partial charge in [0.05, 0.1) is 32.0 Å². The third-order valence-electron chi connectivity index (χ3n) is 18.7. The van der Waals surface area contributed by atoms with Gasteiger partial charge < -0.3 is 45.1 Å². The Morgan fingerprint density at radius 3 is 1.20 bits per heavy atom. The molecular weight excluding hydrogens is 1150 g/mol. The molecule has 0 aromatic heterocycles. The molecule has 1 fully saturated rings. The van der Waals surface area contributed by atoms with Crippen LogP contribution in [-0.4, -0.2) is 100 Å². The summed E-state index contributed by atoms with van der Waals surface area (Å²) < 4.78 is 16.7. The fraction of sp³-hybridized carbons (Fsp3) is 0.852. The number of carbonyl (C=O) groups excluding carboxylic acids is 2. The molecule has 1 aliphatic rings. The summed E-state index contributed by atoms with van der Waals surface area (Å²) in [7, 11) is 0. The van der Waals surface area contributed by atoms with Crippen LogP contribution in [0.15, 0.2) is 60.8 Å². The lowest BCUT2D eigenvalue weighted by molar-refractivity contribution is -0.302. The first-order valence-electron chi connectivity index (χ1n) is 39.5. The van der Waals surface area contributed by atoms with Crippen molar-refractivity contribution in [3.8, 4) is 0 Å². The van der Waals surface area contributed by atoms with Gasteiger partial charge in [-0.15, -0.1) is 0 Å². The Hall–Kier alpha value is -2.64.